The summed E-state index contributed by atoms with van der Waals surface area (Å²) in [5, 5.41) is 3.38. The third-order valence-electron chi connectivity index (χ3n) is 3.79. The molecule has 1 aliphatic heterocycles. The minimum atomic E-state index is -0.496. The molecular weight excluding hydrogens is 351 g/mol. The monoisotopic (exact) mass is 374 g/mol. The van der Waals surface area contributed by atoms with Crippen LogP contribution in [0.1, 0.15) is 45.6 Å². The first-order chi connectivity index (χ1) is 11.2. The topological polar surface area (TPSA) is 67.3 Å². The Kier molecular flexibility index (Phi) is 6.66. The van der Waals surface area contributed by atoms with E-state index in [2.05, 4.69) is 20.2 Å². The fraction of sp³-hybridized carbons (Fsp3) is 0.688. The predicted octanol–water partition coefficient (Wildman–Crippen LogP) is 3.66. The van der Waals surface area contributed by atoms with Gasteiger partial charge < -0.3 is 10.1 Å². The van der Waals surface area contributed by atoms with Crippen LogP contribution >= 0.6 is 23.2 Å². The van der Waals surface area contributed by atoms with E-state index < -0.39 is 5.60 Å². The number of hydrogen-bond acceptors (Lipinski definition) is 5. The van der Waals surface area contributed by atoms with Crippen LogP contribution in [0, 0.1) is 0 Å². The van der Waals surface area contributed by atoms with Crippen molar-refractivity contribution in [3.63, 3.8) is 0 Å². The van der Waals surface area contributed by atoms with Gasteiger partial charge in [-0.3, -0.25) is 4.90 Å². The molecule has 1 N–H and O–H groups in total. The summed E-state index contributed by atoms with van der Waals surface area (Å²) in [7, 11) is 0. The highest BCUT2D eigenvalue weighted by atomic mass is 35.5. The van der Waals surface area contributed by atoms with Crippen molar-refractivity contribution in [3.8, 4) is 0 Å². The first-order valence-electron chi connectivity index (χ1n) is 8.12. The van der Waals surface area contributed by atoms with Gasteiger partial charge in [0.25, 0.3) is 0 Å². The van der Waals surface area contributed by atoms with Gasteiger partial charge >= 0.3 is 6.09 Å². The van der Waals surface area contributed by atoms with Crippen molar-refractivity contribution in [2.75, 3.05) is 13.1 Å². The van der Waals surface area contributed by atoms with Gasteiger partial charge in [0, 0.05) is 30.9 Å². The van der Waals surface area contributed by atoms with Crippen LogP contribution in [0.25, 0.3) is 0 Å². The zero-order valence-corrected chi connectivity index (χ0v) is 15.8. The average Bonchev–Trinajstić information content (AvgIpc) is 2.47. The summed E-state index contributed by atoms with van der Waals surface area (Å²) in [6, 6.07) is 0.234. The van der Waals surface area contributed by atoms with E-state index in [1.54, 1.807) is 6.20 Å². The molecule has 1 amide bonds. The lowest BCUT2D eigenvalue weighted by molar-refractivity contribution is 0.0492. The Morgan fingerprint density at radius 3 is 2.83 bits per heavy atom. The van der Waals surface area contributed by atoms with Crippen molar-refractivity contribution in [2.45, 2.75) is 58.2 Å². The van der Waals surface area contributed by atoms with Gasteiger partial charge in [-0.25, -0.2) is 14.8 Å². The van der Waals surface area contributed by atoms with E-state index in [1.807, 2.05) is 20.8 Å². The van der Waals surface area contributed by atoms with Crippen LogP contribution in [0.5, 0.6) is 0 Å². The smallest absolute Gasteiger partial charge is 0.407 e. The second-order valence-corrected chi connectivity index (χ2v) is 7.65. The summed E-state index contributed by atoms with van der Waals surface area (Å²) in [4.78, 5) is 22.1. The van der Waals surface area contributed by atoms with Crippen LogP contribution in [-0.4, -0.2) is 45.7 Å². The van der Waals surface area contributed by atoms with Crippen LogP contribution in [-0.2, 0) is 11.3 Å². The van der Waals surface area contributed by atoms with Gasteiger partial charge in [0.1, 0.15) is 10.8 Å². The highest BCUT2D eigenvalue weighted by Gasteiger charge is 2.25. The van der Waals surface area contributed by atoms with E-state index in [9.17, 15) is 4.79 Å². The van der Waals surface area contributed by atoms with E-state index in [-0.39, 0.29) is 17.4 Å². The zero-order valence-electron chi connectivity index (χ0n) is 14.3. The van der Waals surface area contributed by atoms with Crippen molar-refractivity contribution >= 4 is 29.3 Å². The summed E-state index contributed by atoms with van der Waals surface area (Å²) >= 11 is 11.9. The maximum atomic E-state index is 11.9. The third kappa shape index (κ3) is 6.07. The Hall–Kier alpha value is -1.11. The molecule has 0 spiro atoms. The molecule has 0 aliphatic carbocycles. The van der Waals surface area contributed by atoms with Crippen LogP contribution < -0.4 is 5.32 Å². The average molecular weight is 375 g/mol. The van der Waals surface area contributed by atoms with Crippen LogP contribution in [0.2, 0.25) is 10.4 Å². The van der Waals surface area contributed by atoms with Crippen molar-refractivity contribution in [1.82, 2.24) is 20.2 Å². The number of likely N-dealkylation sites (tertiary alicyclic amines) is 1. The molecule has 2 heterocycles. The van der Waals surface area contributed by atoms with Crippen LogP contribution in [0.3, 0.4) is 0 Å². The number of hydrogen-bond donors (Lipinski definition) is 1. The summed E-state index contributed by atoms with van der Waals surface area (Å²) in [5.74, 6) is 0. The van der Waals surface area contributed by atoms with Gasteiger partial charge in [0.2, 0.25) is 5.28 Å². The SMILES string of the molecule is CC(C)(C)OC(=O)NC[C@@H]1CCCCN1Cc1cnc(Cl)nc1Cl. The van der Waals surface area contributed by atoms with Gasteiger partial charge in [-0.05, 0) is 51.8 Å². The van der Waals surface area contributed by atoms with E-state index in [4.69, 9.17) is 27.9 Å². The number of piperidine rings is 1. The van der Waals surface area contributed by atoms with Crippen LogP contribution in [0.15, 0.2) is 6.20 Å². The molecule has 1 atom stereocenters. The molecule has 24 heavy (non-hydrogen) atoms. The van der Waals surface area contributed by atoms with Gasteiger partial charge in [0.15, 0.2) is 0 Å². The fourth-order valence-electron chi connectivity index (χ4n) is 2.71. The molecule has 0 unspecified atom stereocenters. The lowest BCUT2D eigenvalue weighted by Crippen LogP contribution is -2.47. The molecule has 0 aromatic carbocycles. The molecule has 0 bridgehead atoms. The van der Waals surface area contributed by atoms with E-state index >= 15 is 0 Å². The molecular formula is C16H24Cl2N4O2. The molecule has 134 valence electrons. The highest BCUT2D eigenvalue weighted by molar-refractivity contribution is 6.32. The standard InChI is InChI=1S/C16H24Cl2N4O2/c1-16(2,3)24-15(23)20-9-12-6-4-5-7-22(12)10-11-8-19-14(18)21-13(11)17/h8,12H,4-7,9-10H2,1-3H3,(H,20,23)/t12-/m0/s1. The first-order valence-corrected chi connectivity index (χ1v) is 8.88. The number of alkyl carbamates (subject to hydrolysis) is 1. The number of halogens is 2. The largest absolute Gasteiger partial charge is 0.444 e. The number of rotatable bonds is 4. The van der Waals surface area contributed by atoms with E-state index in [1.165, 1.54) is 0 Å². The second-order valence-electron chi connectivity index (χ2n) is 6.96. The predicted molar refractivity (Wildman–Crippen MR) is 94.3 cm³/mol. The van der Waals surface area contributed by atoms with Crippen LogP contribution in [0.4, 0.5) is 4.79 Å². The van der Waals surface area contributed by atoms with Gasteiger partial charge in [-0.15, -0.1) is 0 Å². The second kappa shape index (κ2) is 8.32. The number of ether oxygens (including phenoxy) is 1. The van der Waals surface area contributed by atoms with Gasteiger partial charge in [-0.2, -0.15) is 0 Å². The third-order valence-corrected chi connectivity index (χ3v) is 4.30. The summed E-state index contributed by atoms with van der Waals surface area (Å²) in [5.41, 5.74) is 0.343. The van der Waals surface area contributed by atoms with E-state index in [0.717, 1.165) is 31.4 Å². The Labute approximate surface area is 152 Å². The first kappa shape index (κ1) is 19.2. The van der Waals surface area contributed by atoms with E-state index in [0.29, 0.717) is 18.2 Å². The summed E-state index contributed by atoms with van der Waals surface area (Å²) in [6.07, 6.45) is 4.55. The Morgan fingerprint density at radius 2 is 2.17 bits per heavy atom. The Balaban J connectivity index is 1.94. The molecule has 1 fully saturated rings. The number of nitrogens with one attached hydrogen (secondary N) is 1. The molecule has 2 rings (SSSR count). The minimum absolute atomic E-state index is 0.144. The number of carbonyl (C=O) groups excluding carboxylic acids is 1. The molecule has 0 radical (unpaired) electrons. The minimum Gasteiger partial charge on any atom is -0.444 e. The molecule has 1 aromatic heterocycles. The van der Waals surface area contributed by atoms with Crippen molar-refractivity contribution < 1.29 is 9.53 Å². The van der Waals surface area contributed by atoms with Gasteiger partial charge in [-0.1, -0.05) is 18.0 Å². The Bertz CT molecular complexity index is 578. The van der Waals surface area contributed by atoms with Crippen molar-refractivity contribution in [2.24, 2.45) is 0 Å². The molecule has 1 aliphatic rings. The molecule has 8 heteroatoms. The molecule has 6 nitrogen and oxygen atoms in total. The molecule has 1 saturated heterocycles. The normalized spacial score (nSPS) is 19.1. The highest BCUT2D eigenvalue weighted by Crippen LogP contribution is 2.22. The summed E-state index contributed by atoms with van der Waals surface area (Å²) < 4.78 is 5.29. The summed E-state index contributed by atoms with van der Waals surface area (Å²) in [6.45, 7) is 7.67. The number of aromatic nitrogens is 2. The lowest BCUT2D eigenvalue weighted by atomic mass is 10.0. The zero-order chi connectivity index (χ0) is 17.7. The molecule has 0 saturated carbocycles. The quantitative estimate of drug-likeness (QED) is 0.643. The fourth-order valence-corrected chi connectivity index (χ4v) is 3.07. The number of amides is 1. The maximum absolute atomic E-state index is 11.9. The Morgan fingerprint density at radius 1 is 1.42 bits per heavy atom. The molecule has 1 aromatic rings. The lowest BCUT2D eigenvalue weighted by Gasteiger charge is -2.36. The van der Waals surface area contributed by atoms with Gasteiger partial charge in [0.05, 0.1) is 0 Å². The maximum Gasteiger partial charge on any atom is 0.407 e. The van der Waals surface area contributed by atoms with Crippen molar-refractivity contribution in [3.05, 3.63) is 22.2 Å². The number of carbonyl (C=O) groups is 1. The van der Waals surface area contributed by atoms with Crippen molar-refractivity contribution in [1.29, 1.82) is 0 Å². The number of nitrogens with zero attached hydrogens (tertiary/aromatic N) is 3.